The van der Waals surface area contributed by atoms with E-state index in [4.69, 9.17) is 0 Å². The van der Waals surface area contributed by atoms with Crippen LogP contribution in [0.4, 0.5) is 5.82 Å². The highest BCUT2D eigenvalue weighted by molar-refractivity contribution is 5.92. The highest BCUT2D eigenvalue weighted by Gasteiger charge is 2.14. The first-order chi connectivity index (χ1) is 13.3. The number of para-hydroxylation sites is 1. The standard InChI is InChI=1S/C22H18N4O/c27-22(15-17-9-3-1-4-10-17)24-21-16-20(19-13-7-8-14-23-19)25-26(21)18-11-5-2-6-12-18/h1-14,16H,15H2,(H,24,27). The predicted octanol–water partition coefficient (Wildman–Crippen LogP) is 4.12. The van der Waals surface area contributed by atoms with Gasteiger partial charge in [-0.2, -0.15) is 5.10 Å². The van der Waals surface area contributed by atoms with Crippen LogP contribution in [-0.2, 0) is 11.2 Å². The quantitative estimate of drug-likeness (QED) is 0.587. The Morgan fingerprint density at radius 2 is 1.56 bits per heavy atom. The van der Waals surface area contributed by atoms with E-state index in [0.29, 0.717) is 17.9 Å². The summed E-state index contributed by atoms with van der Waals surface area (Å²) < 4.78 is 1.73. The van der Waals surface area contributed by atoms with Crippen molar-refractivity contribution in [2.45, 2.75) is 6.42 Å². The fourth-order valence-corrected chi connectivity index (χ4v) is 2.84. The normalized spacial score (nSPS) is 10.5. The van der Waals surface area contributed by atoms with Crippen molar-refractivity contribution >= 4 is 11.7 Å². The number of pyridine rings is 1. The van der Waals surface area contributed by atoms with E-state index in [1.165, 1.54) is 0 Å². The number of rotatable bonds is 5. The van der Waals surface area contributed by atoms with Gasteiger partial charge in [0, 0.05) is 12.3 Å². The van der Waals surface area contributed by atoms with Crippen LogP contribution in [0.25, 0.3) is 17.1 Å². The molecular formula is C22H18N4O. The molecule has 1 amide bonds. The third-order valence-corrected chi connectivity index (χ3v) is 4.11. The Labute approximate surface area is 157 Å². The van der Waals surface area contributed by atoms with E-state index >= 15 is 0 Å². The van der Waals surface area contributed by atoms with Crippen molar-refractivity contribution in [2.24, 2.45) is 0 Å². The lowest BCUT2D eigenvalue weighted by atomic mass is 10.1. The maximum absolute atomic E-state index is 12.5. The predicted molar refractivity (Wildman–Crippen MR) is 106 cm³/mol. The van der Waals surface area contributed by atoms with Crippen LogP contribution in [0.2, 0.25) is 0 Å². The zero-order chi connectivity index (χ0) is 18.5. The van der Waals surface area contributed by atoms with Gasteiger partial charge in [0.1, 0.15) is 11.5 Å². The number of aromatic nitrogens is 3. The monoisotopic (exact) mass is 354 g/mol. The van der Waals surface area contributed by atoms with Gasteiger partial charge in [-0.1, -0.05) is 54.6 Å². The molecule has 4 aromatic rings. The summed E-state index contributed by atoms with van der Waals surface area (Å²) in [5, 5.41) is 7.63. The Morgan fingerprint density at radius 1 is 0.852 bits per heavy atom. The summed E-state index contributed by atoms with van der Waals surface area (Å²) in [6, 6.07) is 26.9. The van der Waals surface area contributed by atoms with Gasteiger partial charge in [-0.05, 0) is 29.8 Å². The Bertz CT molecular complexity index is 1030. The number of anilines is 1. The molecule has 0 aliphatic rings. The van der Waals surface area contributed by atoms with E-state index in [9.17, 15) is 4.79 Å². The zero-order valence-corrected chi connectivity index (χ0v) is 14.6. The van der Waals surface area contributed by atoms with Crippen LogP contribution < -0.4 is 5.32 Å². The van der Waals surface area contributed by atoms with Gasteiger partial charge < -0.3 is 5.32 Å². The number of carbonyl (C=O) groups is 1. The number of nitrogens with zero attached hydrogens (tertiary/aromatic N) is 3. The second-order valence-corrected chi connectivity index (χ2v) is 6.09. The maximum atomic E-state index is 12.5. The Kier molecular flexibility index (Phi) is 4.74. The van der Waals surface area contributed by atoms with E-state index in [1.54, 1.807) is 10.9 Å². The largest absolute Gasteiger partial charge is 0.310 e. The van der Waals surface area contributed by atoms with Crippen molar-refractivity contribution in [1.82, 2.24) is 14.8 Å². The summed E-state index contributed by atoms with van der Waals surface area (Å²) >= 11 is 0. The first-order valence-corrected chi connectivity index (χ1v) is 8.70. The van der Waals surface area contributed by atoms with Crippen LogP contribution in [0.15, 0.2) is 91.1 Å². The molecule has 0 unspecified atom stereocenters. The van der Waals surface area contributed by atoms with Crippen molar-refractivity contribution in [3.05, 3.63) is 96.7 Å². The van der Waals surface area contributed by atoms with Crippen LogP contribution >= 0.6 is 0 Å². The minimum Gasteiger partial charge on any atom is -0.310 e. The molecule has 5 nitrogen and oxygen atoms in total. The molecule has 0 aliphatic carbocycles. The van der Waals surface area contributed by atoms with Crippen LogP contribution in [0, 0.1) is 0 Å². The van der Waals surface area contributed by atoms with Crippen molar-refractivity contribution < 1.29 is 4.79 Å². The maximum Gasteiger partial charge on any atom is 0.229 e. The number of hydrogen-bond donors (Lipinski definition) is 1. The summed E-state index contributed by atoms with van der Waals surface area (Å²) in [4.78, 5) is 16.9. The van der Waals surface area contributed by atoms with Gasteiger partial charge in [-0.3, -0.25) is 9.78 Å². The number of benzene rings is 2. The topological polar surface area (TPSA) is 59.8 Å². The minimum absolute atomic E-state index is 0.0918. The molecule has 132 valence electrons. The lowest BCUT2D eigenvalue weighted by molar-refractivity contribution is -0.115. The third kappa shape index (κ3) is 3.93. The Morgan fingerprint density at radius 3 is 2.26 bits per heavy atom. The molecule has 0 fully saturated rings. The zero-order valence-electron chi connectivity index (χ0n) is 14.6. The average molecular weight is 354 g/mol. The third-order valence-electron chi connectivity index (χ3n) is 4.11. The van der Waals surface area contributed by atoms with Crippen molar-refractivity contribution in [3.63, 3.8) is 0 Å². The van der Waals surface area contributed by atoms with E-state index < -0.39 is 0 Å². The van der Waals surface area contributed by atoms with Gasteiger partial charge in [0.15, 0.2) is 0 Å². The van der Waals surface area contributed by atoms with Crippen LogP contribution in [0.3, 0.4) is 0 Å². The van der Waals surface area contributed by atoms with Crippen molar-refractivity contribution in [2.75, 3.05) is 5.32 Å². The summed E-state index contributed by atoms with van der Waals surface area (Å²) in [5.41, 5.74) is 3.29. The van der Waals surface area contributed by atoms with Crippen molar-refractivity contribution in [1.29, 1.82) is 0 Å². The van der Waals surface area contributed by atoms with Crippen LogP contribution in [-0.4, -0.2) is 20.7 Å². The molecule has 0 bridgehead atoms. The summed E-state index contributed by atoms with van der Waals surface area (Å²) in [7, 11) is 0. The minimum atomic E-state index is -0.0918. The summed E-state index contributed by atoms with van der Waals surface area (Å²) in [5.74, 6) is 0.522. The lowest BCUT2D eigenvalue weighted by Gasteiger charge is -2.08. The Hall–Kier alpha value is -3.73. The highest BCUT2D eigenvalue weighted by atomic mass is 16.1. The summed E-state index contributed by atoms with van der Waals surface area (Å²) in [6.07, 6.45) is 2.03. The molecular weight excluding hydrogens is 336 g/mol. The van der Waals surface area contributed by atoms with Gasteiger partial charge in [0.2, 0.25) is 5.91 Å². The van der Waals surface area contributed by atoms with E-state index in [-0.39, 0.29) is 5.91 Å². The number of carbonyl (C=O) groups excluding carboxylic acids is 1. The molecule has 0 saturated heterocycles. The van der Waals surface area contributed by atoms with Gasteiger partial charge in [-0.15, -0.1) is 0 Å². The number of nitrogens with one attached hydrogen (secondary N) is 1. The van der Waals surface area contributed by atoms with Crippen LogP contribution in [0.5, 0.6) is 0 Å². The van der Waals surface area contributed by atoms with Gasteiger partial charge in [0.25, 0.3) is 0 Å². The molecule has 0 atom stereocenters. The van der Waals surface area contributed by atoms with Gasteiger partial charge >= 0.3 is 0 Å². The SMILES string of the molecule is O=C(Cc1ccccc1)Nc1cc(-c2ccccn2)nn1-c1ccccc1. The van der Waals surface area contributed by atoms with Gasteiger partial charge in [-0.25, -0.2) is 4.68 Å². The molecule has 2 aromatic carbocycles. The molecule has 5 heteroatoms. The van der Waals surface area contributed by atoms with E-state index in [2.05, 4.69) is 15.4 Å². The molecule has 2 heterocycles. The molecule has 27 heavy (non-hydrogen) atoms. The lowest BCUT2D eigenvalue weighted by Crippen LogP contribution is -2.17. The Balaban J connectivity index is 1.66. The van der Waals surface area contributed by atoms with Gasteiger partial charge in [0.05, 0.1) is 17.8 Å². The smallest absolute Gasteiger partial charge is 0.229 e. The first kappa shape index (κ1) is 16.7. The fraction of sp³-hybridized carbons (Fsp3) is 0.0455. The second kappa shape index (κ2) is 7.66. The molecule has 1 N–H and O–H groups in total. The number of amides is 1. The molecule has 0 saturated carbocycles. The highest BCUT2D eigenvalue weighted by Crippen LogP contribution is 2.23. The second-order valence-electron chi connectivity index (χ2n) is 6.09. The molecule has 2 aromatic heterocycles. The molecule has 0 radical (unpaired) electrons. The van der Waals surface area contributed by atoms with E-state index in [0.717, 1.165) is 16.9 Å². The molecule has 4 rings (SSSR count). The molecule has 0 spiro atoms. The van der Waals surface area contributed by atoms with Crippen molar-refractivity contribution in [3.8, 4) is 17.1 Å². The number of hydrogen-bond acceptors (Lipinski definition) is 3. The summed E-state index contributed by atoms with van der Waals surface area (Å²) in [6.45, 7) is 0. The van der Waals surface area contributed by atoms with E-state index in [1.807, 2.05) is 84.9 Å². The average Bonchev–Trinajstić information content (AvgIpc) is 3.14. The fourth-order valence-electron chi connectivity index (χ4n) is 2.84. The first-order valence-electron chi connectivity index (χ1n) is 8.70. The van der Waals surface area contributed by atoms with Crippen LogP contribution in [0.1, 0.15) is 5.56 Å². The molecule has 0 aliphatic heterocycles.